The van der Waals surface area contributed by atoms with E-state index in [1.54, 1.807) is 0 Å². The van der Waals surface area contributed by atoms with Crippen LogP contribution in [-0.2, 0) is 11.2 Å². The van der Waals surface area contributed by atoms with Crippen LogP contribution in [0.15, 0.2) is 12.3 Å². The molecule has 0 N–H and O–H groups in total. The first kappa shape index (κ1) is 13.3. The van der Waals surface area contributed by atoms with Gasteiger partial charge in [0.15, 0.2) is 0 Å². The molecular formula is C15H24N2O. The van der Waals surface area contributed by atoms with Crippen molar-refractivity contribution in [3.8, 4) is 0 Å². The molecule has 1 aliphatic carbocycles. The Morgan fingerprint density at radius 2 is 2.22 bits per heavy atom. The van der Waals surface area contributed by atoms with Crippen LogP contribution in [0, 0.1) is 5.92 Å². The summed E-state index contributed by atoms with van der Waals surface area (Å²) in [6.45, 7) is 4.30. The van der Waals surface area contributed by atoms with Gasteiger partial charge in [0.05, 0.1) is 12.1 Å². The van der Waals surface area contributed by atoms with E-state index >= 15 is 0 Å². The highest BCUT2D eigenvalue weighted by Gasteiger charge is 2.19. The number of Topliss-reactive ketones (excluding diaryl/α,β-unsaturated/α-hetero) is 1. The van der Waals surface area contributed by atoms with E-state index in [1.807, 2.05) is 16.9 Å². The van der Waals surface area contributed by atoms with Crippen LogP contribution >= 0.6 is 0 Å². The summed E-state index contributed by atoms with van der Waals surface area (Å²) in [6, 6.07) is 2.40. The largest absolute Gasteiger partial charge is 0.299 e. The fourth-order valence-electron chi connectivity index (χ4n) is 2.71. The van der Waals surface area contributed by atoms with Crippen molar-refractivity contribution in [1.29, 1.82) is 0 Å². The molecule has 1 fully saturated rings. The van der Waals surface area contributed by atoms with Gasteiger partial charge in [-0.2, -0.15) is 5.10 Å². The van der Waals surface area contributed by atoms with Gasteiger partial charge >= 0.3 is 0 Å². The van der Waals surface area contributed by atoms with Gasteiger partial charge in [0, 0.05) is 18.7 Å². The Kier molecular flexibility index (Phi) is 4.56. The lowest BCUT2D eigenvalue weighted by Crippen LogP contribution is -2.10. The smallest absolute Gasteiger partial charge is 0.139 e. The fourth-order valence-corrected chi connectivity index (χ4v) is 2.71. The first-order chi connectivity index (χ1) is 8.69. The maximum Gasteiger partial charge on any atom is 0.139 e. The molecule has 3 heteroatoms. The van der Waals surface area contributed by atoms with Gasteiger partial charge in [0.25, 0.3) is 0 Å². The van der Waals surface area contributed by atoms with E-state index in [2.05, 4.69) is 18.9 Å². The van der Waals surface area contributed by atoms with E-state index in [0.29, 0.717) is 24.2 Å². The summed E-state index contributed by atoms with van der Waals surface area (Å²) in [5.74, 6) is 1.01. The van der Waals surface area contributed by atoms with Crippen LogP contribution in [-0.4, -0.2) is 15.6 Å². The van der Waals surface area contributed by atoms with Crippen LogP contribution in [0.1, 0.15) is 64.1 Å². The van der Waals surface area contributed by atoms with Gasteiger partial charge in [0.2, 0.25) is 0 Å². The van der Waals surface area contributed by atoms with E-state index in [4.69, 9.17) is 0 Å². The lowest BCUT2D eigenvalue weighted by atomic mass is 9.99. The summed E-state index contributed by atoms with van der Waals surface area (Å²) in [4.78, 5) is 12.0. The zero-order chi connectivity index (χ0) is 13.0. The third-order valence-corrected chi connectivity index (χ3v) is 4.08. The Labute approximate surface area is 110 Å². The molecule has 1 saturated carbocycles. The van der Waals surface area contributed by atoms with Crippen LogP contribution in [0.3, 0.4) is 0 Å². The van der Waals surface area contributed by atoms with Gasteiger partial charge in [-0.15, -0.1) is 0 Å². The highest BCUT2D eigenvalue weighted by molar-refractivity contribution is 5.80. The summed E-state index contributed by atoms with van der Waals surface area (Å²) >= 11 is 0. The Balaban J connectivity index is 1.84. The van der Waals surface area contributed by atoms with E-state index in [9.17, 15) is 4.79 Å². The predicted molar refractivity (Wildman–Crippen MR) is 72.5 cm³/mol. The number of ketones is 1. The van der Waals surface area contributed by atoms with Gasteiger partial charge < -0.3 is 0 Å². The number of carbonyl (C=O) groups is 1. The molecule has 0 saturated heterocycles. The molecule has 0 spiro atoms. The van der Waals surface area contributed by atoms with Gasteiger partial charge in [-0.3, -0.25) is 9.48 Å². The van der Waals surface area contributed by atoms with E-state index in [-0.39, 0.29) is 0 Å². The van der Waals surface area contributed by atoms with Gasteiger partial charge in [-0.05, 0) is 25.3 Å². The van der Waals surface area contributed by atoms with E-state index in [0.717, 1.165) is 18.5 Å². The van der Waals surface area contributed by atoms with Crippen molar-refractivity contribution >= 4 is 5.78 Å². The molecule has 3 nitrogen and oxygen atoms in total. The number of hydrogen-bond donors (Lipinski definition) is 0. The molecule has 0 amide bonds. The van der Waals surface area contributed by atoms with Crippen LogP contribution in [0.5, 0.6) is 0 Å². The van der Waals surface area contributed by atoms with Crippen molar-refractivity contribution in [1.82, 2.24) is 9.78 Å². The average Bonchev–Trinajstić information content (AvgIpc) is 2.99. The minimum Gasteiger partial charge on any atom is -0.299 e. The Morgan fingerprint density at radius 1 is 1.50 bits per heavy atom. The molecule has 0 radical (unpaired) electrons. The lowest BCUT2D eigenvalue weighted by Gasteiger charge is -2.08. The van der Waals surface area contributed by atoms with Crippen LogP contribution < -0.4 is 0 Å². The van der Waals surface area contributed by atoms with Crippen molar-refractivity contribution < 1.29 is 4.79 Å². The molecule has 0 aromatic carbocycles. The fraction of sp³-hybridized carbons (Fsp3) is 0.733. The predicted octanol–water partition coefficient (Wildman–Crippen LogP) is 3.55. The molecular weight excluding hydrogens is 224 g/mol. The van der Waals surface area contributed by atoms with E-state index < -0.39 is 0 Å². The van der Waals surface area contributed by atoms with Crippen molar-refractivity contribution in [2.75, 3.05) is 0 Å². The summed E-state index contributed by atoms with van der Waals surface area (Å²) in [5, 5.41) is 4.49. The molecule has 1 atom stereocenters. The molecule has 0 aliphatic heterocycles. The lowest BCUT2D eigenvalue weighted by molar-refractivity contribution is -0.119. The molecule has 0 bridgehead atoms. The SMILES string of the molecule is CCC(C)n1ccc(CC(=O)CC2CCCC2)n1. The monoisotopic (exact) mass is 248 g/mol. The second kappa shape index (κ2) is 6.17. The minimum atomic E-state index is 0.358. The van der Waals surface area contributed by atoms with E-state index in [1.165, 1.54) is 25.7 Å². The summed E-state index contributed by atoms with van der Waals surface area (Å²) in [5.41, 5.74) is 0.929. The summed E-state index contributed by atoms with van der Waals surface area (Å²) in [7, 11) is 0. The number of hydrogen-bond acceptors (Lipinski definition) is 2. The minimum absolute atomic E-state index is 0.358. The van der Waals surface area contributed by atoms with Crippen molar-refractivity contribution in [2.45, 2.75) is 64.8 Å². The van der Waals surface area contributed by atoms with Crippen molar-refractivity contribution in [3.63, 3.8) is 0 Å². The summed E-state index contributed by atoms with van der Waals surface area (Å²) < 4.78 is 1.97. The maximum atomic E-state index is 12.0. The standard InChI is InChI=1S/C15H24N2O/c1-3-12(2)17-9-8-14(16-17)11-15(18)10-13-6-4-5-7-13/h8-9,12-13H,3-7,10-11H2,1-2H3. The van der Waals surface area contributed by atoms with Gasteiger partial charge in [-0.25, -0.2) is 0 Å². The second-order valence-corrected chi connectivity index (χ2v) is 5.61. The van der Waals surface area contributed by atoms with Crippen LogP contribution in [0.4, 0.5) is 0 Å². The topological polar surface area (TPSA) is 34.9 Å². The Hall–Kier alpha value is -1.12. The zero-order valence-electron chi connectivity index (χ0n) is 11.6. The quantitative estimate of drug-likeness (QED) is 0.771. The molecule has 2 rings (SSSR count). The van der Waals surface area contributed by atoms with Crippen LogP contribution in [0.25, 0.3) is 0 Å². The highest BCUT2D eigenvalue weighted by Crippen LogP contribution is 2.28. The molecule has 100 valence electrons. The third-order valence-electron chi connectivity index (χ3n) is 4.08. The molecule has 1 heterocycles. The Bertz CT molecular complexity index is 391. The first-order valence-corrected chi connectivity index (χ1v) is 7.24. The summed E-state index contributed by atoms with van der Waals surface area (Å²) in [6.07, 6.45) is 9.43. The van der Waals surface area contributed by atoms with Gasteiger partial charge in [-0.1, -0.05) is 32.6 Å². The maximum absolute atomic E-state index is 12.0. The highest BCUT2D eigenvalue weighted by atomic mass is 16.1. The molecule has 1 unspecified atom stereocenters. The van der Waals surface area contributed by atoms with Crippen molar-refractivity contribution in [3.05, 3.63) is 18.0 Å². The Morgan fingerprint density at radius 3 is 2.89 bits per heavy atom. The zero-order valence-corrected chi connectivity index (χ0v) is 11.6. The third kappa shape index (κ3) is 3.44. The number of nitrogens with zero attached hydrogens (tertiary/aromatic N) is 2. The molecule has 1 aromatic heterocycles. The number of rotatable bonds is 6. The van der Waals surface area contributed by atoms with Gasteiger partial charge in [0.1, 0.15) is 5.78 Å². The van der Waals surface area contributed by atoms with Crippen LogP contribution in [0.2, 0.25) is 0 Å². The first-order valence-electron chi connectivity index (χ1n) is 7.24. The number of carbonyl (C=O) groups excluding carboxylic acids is 1. The molecule has 1 aliphatic rings. The average molecular weight is 248 g/mol. The normalized spacial score (nSPS) is 18.1. The second-order valence-electron chi connectivity index (χ2n) is 5.61. The molecule has 18 heavy (non-hydrogen) atoms. The van der Waals surface area contributed by atoms with Crippen molar-refractivity contribution in [2.24, 2.45) is 5.92 Å². The molecule has 1 aromatic rings. The number of aromatic nitrogens is 2.